The molecule has 2 rings (SSSR count). The summed E-state index contributed by atoms with van der Waals surface area (Å²) in [4.78, 5) is 21.9. The van der Waals surface area contributed by atoms with Gasteiger partial charge in [0, 0.05) is 24.5 Å². The van der Waals surface area contributed by atoms with Crippen molar-refractivity contribution in [3.8, 4) is 0 Å². The van der Waals surface area contributed by atoms with Crippen molar-refractivity contribution in [1.82, 2.24) is 0 Å². The second kappa shape index (κ2) is 10.7. The molecule has 0 radical (unpaired) electrons. The second-order valence-corrected chi connectivity index (χ2v) is 5.24. The fourth-order valence-corrected chi connectivity index (χ4v) is 2.18. The summed E-state index contributed by atoms with van der Waals surface area (Å²) in [6, 6.07) is 7.62. The lowest BCUT2D eigenvalue weighted by atomic mass is 10.1. The standard InChI is InChI=1S/C10H12FNO2.C9H10FNO2/c1-3-12-9-5-4-7(11)6-8(9)10(13)14-2;1-2-11-8-4-3-6(10)5-7(8)9(12)13/h4-6,12H,3H2,1-2H3;3-5,11H,2H2,1H3,(H,12,13). The quantitative estimate of drug-likeness (QED) is 0.657. The highest BCUT2D eigenvalue weighted by molar-refractivity contribution is 5.95. The van der Waals surface area contributed by atoms with Crippen LogP contribution in [0.4, 0.5) is 20.2 Å². The van der Waals surface area contributed by atoms with Crippen molar-refractivity contribution in [2.24, 2.45) is 0 Å². The zero-order chi connectivity index (χ0) is 20.4. The van der Waals surface area contributed by atoms with Gasteiger partial charge in [-0.15, -0.1) is 0 Å². The van der Waals surface area contributed by atoms with E-state index in [2.05, 4.69) is 15.4 Å². The van der Waals surface area contributed by atoms with Gasteiger partial charge in [-0.2, -0.15) is 0 Å². The molecule has 0 aliphatic rings. The molecular formula is C19H22F2N2O4. The van der Waals surface area contributed by atoms with Gasteiger partial charge in [0.1, 0.15) is 11.6 Å². The molecule has 0 aromatic heterocycles. The molecular weight excluding hydrogens is 358 g/mol. The first-order valence-electron chi connectivity index (χ1n) is 8.22. The number of esters is 1. The lowest BCUT2D eigenvalue weighted by Crippen LogP contribution is -2.08. The van der Waals surface area contributed by atoms with Gasteiger partial charge in [0.05, 0.1) is 18.2 Å². The Kier molecular flexibility index (Phi) is 8.71. The Morgan fingerprint density at radius 2 is 1.37 bits per heavy atom. The van der Waals surface area contributed by atoms with E-state index in [9.17, 15) is 18.4 Å². The molecule has 8 heteroatoms. The maximum Gasteiger partial charge on any atom is 0.340 e. The SMILES string of the molecule is CCNc1ccc(F)cc1C(=O)O.CCNc1ccc(F)cc1C(=O)OC. The van der Waals surface area contributed by atoms with E-state index in [1.54, 1.807) is 0 Å². The molecule has 0 saturated carbocycles. The molecule has 146 valence electrons. The maximum atomic E-state index is 12.8. The molecule has 0 unspecified atom stereocenters. The Balaban J connectivity index is 0.000000271. The number of benzene rings is 2. The summed E-state index contributed by atoms with van der Waals surface area (Å²) >= 11 is 0. The largest absolute Gasteiger partial charge is 0.478 e. The minimum atomic E-state index is -1.13. The lowest BCUT2D eigenvalue weighted by Gasteiger charge is -2.08. The van der Waals surface area contributed by atoms with Crippen molar-refractivity contribution in [3.05, 3.63) is 59.2 Å². The normalized spacial score (nSPS) is 9.67. The van der Waals surface area contributed by atoms with Crippen molar-refractivity contribution in [1.29, 1.82) is 0 Å². The molecule has 0 spiro atoms. The van der Waals surface area contributed by atoms with Gasteiger partial charge in [-0.25, -0.2) is 18.4 Å². The Bertz CT molecular complexity index is 797. The molecule has 0 aliphatic heterocycles. The van der Waals surface area contributed by atoms with Gasteiger partial charge >= 0.3 is 11.9 Å². The third-order valence-electron chi connectivity index (χ3n) is 3.33. The molecule has 0 saturated heterocycles. The average molecular weight is 380 g/mol. The van der Waals surface area contributed by atoms with Gasteiger partial charge in [-0.3, -0.25) is 0 Å². The van der Waals surface area contributed by atoms with Crippen molar-refractivity contribution in [3.63, 3.8) is 0 Å². The van der Waals surface area contributed by atoms with Crippen LogP contribution < -0.4 is 10.6 Å². The number of halogens is 2. The monoisotopic (exact) mass is 380 g/mol. The average Bonchev–Trinajstić information content (AvgIpc) is 2.64. The van der Waals surface area contributed by atoms with E-state index in [0.29, 0.717) is 24.5 Å². The van der Waals surface area contributed by atoms with Crippen LogP contribution in [0.3, 0.4) is 0 Å². The van der Waals surface area contributed by atoms with Gasteiger partial charge in [0.15, 0.2) is 0 Å². The van der Waals surface area contributed by atoms with Gasteiger partial charge in [-0.05, 0) is 50.2 Å². The zero-order valence-corrected chi connectivity index (χ0v) is 15.3. The number of carboxylic acids is 1. The molecule has 0 aliphatic carbocycles. The van der Waals surface area contributed by atoms with Crippen molar-refractivity contribution in [2.75, 3.05) is 30.8 Å². The van der Waals surface area contributed by atoms with E-state index in [-0.39, 0.29) is 11.1 Å². The smallest absolute Gasteiger partial charge is 0.340 e. The number of ether oxygens (including phenoxy) is 1. The van der Waals surface area contributed by atoms with E-state index >= 15 is 0 Å². The van der Waals surface area contributed by atoms with Crippen LogP contribution in [0.15, 0.2) is 36.4 Å². The molecule has 2 aromatic carbocycles. The number of nitrogens with one attached hydrogen (secondary N) is 2. The Hall–Kier alpha value is -3.16. The van der Waals surface area contributed by atoms with Gasteiger partial charge in [0.2, 0.25) is 0 Å². The Morgan fingerprint density at radius 1 is 0.926 bits per heavy atom. The van der Waals surface area contributed by atoms with Crippen LogP contribution in [0.2, 0.25) is 0 Å². The van der Waals surface area contributed by atoms with E-state index in [1.807, 2.05) is 13.8 Å². The number of rotatable bonds is 6. The molecule has 0 amide bonds. The molecule has 6 nitrogen and oxygen atoms in total. The number of hydrogen-bond acceptors (Lipinski definition) is 5. The number of methoxy groups -OCH3 is 1. The first-order chi connectivity index (χ1) is 12.8. The van der Waals surface area contributed by atoms with Gasteiger partial charge in [-0.1, -0.05) is 0 Å². The molecule has 2 aromatic rings. The van der Waals surface area contributed by atoms with Gasteiger partial charge in [0.25, 0.3) is 0 Å². The fraction of sp³-hybridized carbons (Fsp3) is 0.263. The van der Waals surface area contributed by atoms with Crippen molar-refractivity contribution >= 4 is 23.3 Å². The number of carboxylic acid groups (broad SMARTS) is 1. The van der Waals surface area contributed by atoms with Crippen LogP contribution in [0, 0.1) is 11.6 Å². The molecule has 0 heterocycles. The summed E-state index contributed by atoms with van der Waals surface area (Å²) in [5.74, 6) is -2.66. The predicted octanol–water partition coefficient (Wildman–Crippen LogP) is 4.00. The van der Waals surface area contributed by atoms with Crippen LogP contribution in [0.25, 0.3) is 0 Å². The predicted molar refractivity (Wildman–Crippen MR) is 99.4 cm³/mol. The summed E-state index contributed by atoms with van der Waals surface area (Å²) in [5.41, 5.74) is 1.20. The fourth-order valence-electron chi connectivity index (χ4n) is 2.18. The third kappa shape index (κ3) is 6.58. The van der Waals surface area contributed by atoms with E-state index < -0.39 is 23.6 Å². The topological polar surface area (TPSA) is 87.7 Å². The highest BCUT2D eigenvalue weighted by Gasteiger charge is 2.12. The minimum Gasteiger partial charge on any atom is -0.478 e. The number of hydrogen-bond donors (Lipinski definition) is 3. The summed E-state index contributed by atoms with van der Waals surface area (Å²) < 4.78 is 30.0. The van der Waals surface area contributed by atoms with Crippen LogP contribution >= 0.6 is 0 Å². The van der Waals surface area contributed by atoms with Crippen molar-refractivity contribution in [2.45, 2.75) is 13.8 Å². The summed E-state index contributed by atoms with van der Waals surface area (Å²) in [5, 5.41) is 14.5. The highest BCUT2D eigenvalue weighted by Crippen LogP contribution is 2.18. The lowest BCUT2D eigenvalue weighted by molar-refractivity contribution is 0.0600. The molecule has 0 atom stereocenters. The first-order valence-corrected chi connectivity index (χ1v) is 8.22. The van der Waals surface area contributed by atoms with Crippen LogP contribution in [-0.4, -0.2) is 37.2 Å². The molecule has 3 N–H and O–H groups in total. The molecule has 27 heavy (non-hydrogen) atoms. The highest BCUT2D eigenvalue weighted by atomic mass is 19.1. The van der Waals surface area contributed by atoms with Crippen LogP contribution in [0.1, 0.15) is 34.6 Å². The Labute approximate surface area is 156 Å². The van der Waals surface area contributed by atoms with Gasteiger partial charge < -0.3 is 20.5 Å². The number of anilines is 2. The van der Waals surface area contributed by atoms with Crippen molar-refractivity contribution < 1.29 is 28.2 Å². The Morgan fingerprint density at radius 3 is 1.78 bits per heavy atom. The summed E-state index contributed by atoms with van der Waals surface area (Å²) in [6.07, 6.45) is 0. The van der Waals surface area contributed by atoms with Crippen LogP contribution in [0.5, 0.6) is 0 Å². The molecule has 0 fully saturated rings. The minimum absolute atomic E-state index is 0.0400. The summed E-state index contributed by atoms with van der Waals surface area (Å²) in [6.45, 7) is 5.00. The van der Waals surface area contributed by atoms with E-state index in [1.165, 1.54) is 31.4 Å². The zero-order valence-electron chi connectivity index (χ0n) is 15.3. The second-order valence-electron chi connectivity index (χ2n) is 5.24. The third-order valence-corrected chi connectivity index (χ3v) is 3.33. The van der Waals surface area contributed by atoms with E-state index in [4.69, 9.17) is 5.11 Å². The maximum absolute atomic E-state index is 12.8. The summed E-state index contributed by atoms with van der Waals surface area (Å²) in [7, 11) is 1.27. The molecule has 0 bridgehead atoms. The van der Waals surface area contributed by atoms with Crippen LogP contribution in [-0.2, 0) is 4.74 Å². The van der Waals surface area contributed by atoms with E-state index in [0.717, 1.165) is 12.1 Å². The first kappa shape index (κ1) is 21.9. The number of aromatic carboxylic acids is 1. The number of carbonyl (C=O) groups excluding carboxylic acids is 1. The number of carbonyl (C=O) groups is 2.